The number of halogens is 1. The normalized spacial score (nSPS) is 15.2. The highest BCUT2D eigenvalue weighted by atomic mass is 19.1. The molecule has 0 aromatic heterocycles. The Hall–Kier alpha value is -2.40. The number of hydrogen-bond acceptors (Lipinski definition) is 3. The molecule has 25 heavy (non-hydrogen) atoms. The van der Waals surface area contributed by atoms with Crippen LogP contribution in [0.4, 0.5) is 10.1 Å². The van der Waals surface area contributed by atoms with Gasteiger partial charge in [-0.1, -0.05) is 30.3 Å². The van der Waals surface area contributed by atoms with E-state index in [1.54, 1.807) is 4.90 Å². The van der Waals surface area contributed by atoms with Crippen molar-refractivity contribution in [2.45, 2.75) is 6.54 Å². The van der Waals surface area contributed by atoms with Crippen LogP contribution in [-0.4, -0.2) is 55.5 Å². The van der Waals surface area contributed by atoms with E-state index < -0.39 is 0 Å². The van der Waals surface area contributed by atoms with E-state index >= 15 is 0 Å². The van der Waals surface area contributed by atoms with Crippen LogP contribution in [0.1, 0.15) is 5.56 Å². The second kappa shape index (κ2) is 8.12. The highest BCUT2D eigenvalue weighted by Gasteiger charge is 2.20. The maximum Gasteiger partial charge on any atom is 0.236 e. The number of piperazine rings is 1. The first kappa shape index (κ1) is 17.4. The quantitative estimate of drug-likeness (QED) is 0.836. The van der Waals surface area contributed by atoms with E-state index in [2.05, 4.69) is 9.80 Å². The molecule has 0 unspecified atom stereocenters. The molecule has 0 N–H and O–H groups in total. The number of hydrogen-bond donors (Lipinski definition) is 0. The third kappa shape index (κ3) is 4.79. The van der Waals surface area contributed by atoms with E-state index in [0.29, 0.717) is 13.1 Å². The molecule has 2 aromatic rings. The predicted molar refractivity (Wildman–Crippen MR) is 98.0 cm³/mol. The van der Waals surface area contributed by atoms with E-state index in [4.69, 9.17) is 0 Å². The molecule has 1 fully saturated rings. The fourth-order valence-electron chi connectivity index (χ4n) is 3.07. The first-order chi connectivity index (χ1) is 12.1. The second-order valence-corrected chi connectivity index (χ2v) is 6.48. The summed E-state index contributed by atoms with van der Waals surface area (Å²) in [6.07, 6.45) is 0. The third-order valence-corrected chi connectivity index (χ3v) is 4.61. The molecule has 1 amide bonds. The van der Waals surface area contributed by atoms with Crippen LogP contribution in [0.3, 0.4) is 0 Å². The lowest BCUT2D eigenvalue weighted by molar-refractivity contribution is -0.131. The maximum atomic E-state index is 13.0. The summed E-state index contributed by atoms with van der Waals surface area (Å²) in [5, 5.41) is 0. The summed E-state index contributed by atoms with van der Waals surface area (Å²) in [6.45, 7) is 4.45. The first-order valence-corrected chi connectivity index (χ1v) is 8.62. The van der Waals surface area contributed by atoms with Crippen molar-refractivity contribution in [1.82, 2.24) is 9.80 Å². The molecule has 5 heteroatoms. The summed E-state index contributed by atoms with van der Waals surface area (Å²) >= 11 is 0. The fourth-order valence-corrected chi connectivity index (χ4v) is 3.07. The second-order valence-electron chi connectivity index (χ2n) is 6.48. The van der Waals surface area contributed by atoms with Crippen LogP contribution in [0.5, 0.6) is 0 Å². The monoisotopic (exact) mass is 341 g/mol. The van der Waals surface area contributed by atoms with Crippen molar-refractivity contribution in [1.29, 1.82) is 0 Å². The van der Waals surface area contributed by atoms with Crippen LogP contribution in [0.25, 0.3) is 0 Å². The van der Waals surface area contributed by atoms with E-state index in [1.807, 2.05) is 49.5 Å². The van der Waals surface area contributed by atoms with Crippen LogP contribution in [-0.2, 0) is 11.3 Å². The number of benzene rings is 2. The Kier molecular flexibility index (Phi) is 5.66. The zero-order valence-electron chi connectivity index (χ0n) is 14.6. The summed E-state index contributed by atoms with van der Waals surface area (Å²) in [4.78, 5) is 18.6. The Bertz CT molecular complexity index is 682. The number of likely N-dealkylation sites (N-methyl/N-ethyl adjacent to an activating group) is 1. The van der Waals surface area contributed by atoms with Crippen molar-refractivity contribution in [3.63, 3.8) is 0 Å². The van der Waals surface area contributed by atoms with Gasteiger partial charge < -0.3 is 9.80 Å². The van der Waals surface area contributed by atoms with Crippen molar-refractivity contribution in [2.24, 2.45) is 0 Å². The van der Waals surface area contributed by atoms with Gasteiger partial charge in [0.1, 0.15) is 5.82 Å². The van der Waals surface area contributed by atoms with Crippen LogP contribution < -0.4 is 4.90 Å². The lowest BCUT2D eigenvalue weighted by atomic mass is 10.2. The molecule has 1 aliphatic rings. The molecule has 0 bridgehead atoms. The van der Waals surface area contributed by atoms with Crippen molar-refractivity contribution >= 4 is 11.6 Å². The van der Waals surface area contributed by atoms with Crippen molar-refractivity contribution in [3.05, 3.63) is 66.0 Å². The van der Waals surface area contributed by atoms with Gasteiger partial charge in [0.2, 0.25) is 5.91 Å². The molecular formula is C20H24FN3O. The van der Waals surface area contributed by atoms with Gasteiger partial charge in [0, 0.05) is 45.5 Å². The van der Waals surface area contributed by atoms with Gasteiger partial charge in [-0.2, -0.15) is 0 Å². The number of anilines is 1. The minimum absolute atomic E-state index is 0.138. The average Bonchev–Trinajstić information content (AvgIpc) is 2.64. The van der Waals surface area contributed by atoms with Gasteiger partial charge in [-0.05, 0) is 29.8 Å². The number of amides is 1. The summed E-state index contributed by atoms with van der Waals surface area (Å²) in [5.74, 6) is -0.0754. The number of carbonyl (C=O) groups is 1. The van der Waals surface area contributed by atoms with Crippen molar-refractivity contribution in [3.8, 4) is 0 Å². The summed E-state index contributed by atoms with van der Waals surface area (Å²) < 4.78 is 13.0. The Labute approximate surface area is 148 Å². The van der Waals surface area contributed by atoms with Gasteiger partial charge in [0.15, 0.2) is 0 Å². The van der Waals surface area contributed by atoms with Crippen LogP contribution in [0.15, 0.2) is 54.6 Å². The minimum Gasteiger partial charge on any atom is -0.369 e. The van der Waals surface area contributed by atoms with Gasteiger partial charge >= 0.3 is 0 Å². The van der Waals surface area contributed by atoms with E-state index in [9.17, 15) is 9.18 Å². The summed E-state index contributed by atoms with van der Waals surface area (Å²) in [5.41, 5.74) is 2.17. The zero-order chi connectivity index (χ0) is 17.6. The van der Waals surface area contributed by atoms with E-state index in [1.165, 1.54) is 12.1 Å². The molecule has 0 aliphatic carbocycles. The van der Waals surface area contributed by atoms with Gasteiger partial charge in [-0.15, -0.1) is 0 Å². The maximum absolute atomic E-state index is 13.0. The highest BCUT2D eigenvalue weighted by molar-refractivity contribution is 5.78. The van der Waals surface area contributed by atoms with Gasteiger partial charge in [-0.25, -0.2) is 4.39 Å². The van der Waals surface area contributed by atoms with Gasteiger partial charge in [-0.3, -0.25) is 9.69 Å². The lowest BCUT2D eigenvalue weighted by Gasteiger charge is -2.36. The molecule has 1 saturated heterocycles. The van der Waals surface area contributed by atoms with Crippen LogP contribution in [0, 0.1) is 5.82 Å². The fraction of sp³-hybridized carbons (Fsp3) is 0.350. The zero-order valence-corrected chi connectivity index (χ0v) is 14.6. The molecule has 1 aliphatic heterocycles. The Morgan fingerprint density at radius 3 is 2.28 bits per heavy atom. The standard InChI is InChI=1S/C20H24FN3O/c1-22(15-17-5-3-2-4-6-17)20(25)16-23-11-13-24(14-12-23)19-9-7-18(21)8-10-19/h2-10H,11-16H2,1H3. The van der Waals surface area contributed by atoms with Crippen molar-refractivity contribution < 1.29 is 9.18 Å². The Balaban J connectivity index is 1.46. The largest absolute Gasteiger partial charge is 0.369 e. The summed E-state index contributed by atoms with van der Waals surface area (Å²) in [7, 11) is 1.85. The van der Waals surface area contributed by atoms with E-state index in [-0.39, 0.29) is 11.7 Å². The Morgan fingerprint density at radius 1 is 1.00 bits per heavy atom. The van der Waals surface area contributed by atoms with Gasteiger partial charge in [0.05, 0.1) is 6.54 Å². The topological polar surface area (TPSA) is 26.8 Å². The summed E-state index contributed by atoms with van der Waals surface area (Å²) in [6, 6.07) is 16.6. The predicted octanol–water partition coefficient (Wildman–Crippen LogP) is 2.61. The smallest absolute Gasteiger partial charge is 0.236 e. The molecule has 4 nitrogen and oxygen atoms in total. The third-order valence-electron chi connectivity index (χ3n) is 4.61. The molecular weight excluding hydrogens is 317 g/mol. The molecule has 0 saturated carbocycles. The Morgan fingerprint density at radius 2 is 1.64 bits per heavy atom. The number of rotatable bonds is 5. The molecule has 0 spiro atoms. The molecule has 2 aromatic carbocycles. The van der Waals surface area contributed by atoms with E-state index in [0.717, 1.165) is 37.4 Å². The lowest BCUT2D eigenvalue weighted by Crippen LogP contribution is -2.49. The molecule has 0 radical (unpaired) electrons. The molecule has 3 rings (SSSR count). The highest BCUT2D eigenvalue weighted by Crippen LogP contribution is 2.17. The van der Waals surface area contributed by atoms with Crippen LogP contribution in [0.2, 0.25) is 0 Å². The van der Waals surface area contributed by atoms with Gasteiger partial charge in [0.25, 0.3) is 0 Å². The first-order valence-electron chi connectivity index (χ1n) is 8.62. The minimum atomic E-state index is -0.213. The number of nitrogens with zero attached hydrogens (tertiary/aromatic N) is 3. The van der Waals surface area contributed by atoms with Crippen LogP contribution >= 0.6 is 0 Å². The number of carbonyl (C=O) groups excluding carboxylic acids is 1. The average molecular weight is 341 g/mol. The molecule has 1 heterocycles. The molecule has 0 atom stereocenters. The SMILES string of the molecule is CN(Cc1ccccc1)C(=O)CN1CCN(c2ccc(F)cc2)CC1. The van der Waals surface area contributed by atoms with Crippen molar-refractivity contribution in [2.75, 3.05) is 44.7 Å². The molecule has 132 valence electrons.